The van der Waals surface area contributed by atoms with Gasteiger partial charge in [-0.1, -0.05) is 16.8 Å². The molecule has 4 heteroatoms. The van der Waals surface area contributed by atoms with Crippen LogP contribution in [0.5, 0.6) is 5.75 Å². The summed E-state index contributed by atoms with van der Waals surface area (Å²) in [5.41, 5.74) is 0.577. The quantitative estimate of drug-likeness (QED) is 0.658. The van der Waals surface area contributed by atoms with E-state index in [9.17, 15) is 0 Å². The first kappa shape index (κ1) is 6.49. The van der Waals surface area contributed by atoms with Crippen LogP contribution in [0, 0.1) is 0 Å². The van der Waals surface area contributed by atoms with Crippen LogP contribution in [0.15, 0.2) is 22.9 Å². The van der Waals surface area contributed by atoms with Crippen molar-refractivity contribution < 1.29 is 9.63 Å². The Kier molecular flexibility index (Phi) is 1.26. The molecule has 0 saturated carbocycles. The molecular weight excluding hydrogens is 166 g/mol. The van der Waals surface area contributed by atoms with Crippen molar-refractivity contribution in [3.8, 4) is 5.75 Å². The second-order valence-electron chi connectivity index (χ2n) is 2.17. The maximum absolute atomic E-state index is 9.13. The van der Waals surface area contributed by atoms with Crippen molar-refractivity contribution in [1.29, 1.82) is 0 Å². The Morgan fingerprint density at radius 3 is 3.09 bits per heavy atom. The molecule has 0 aliphatic heterocycles. The zero-order valence-corrected chi connectivity index (χ0v) is 6.17. The monoisotopic (exact) mass is 169 g/mol. The number of halogens is 1. The number of benzene rings is 1. The zero-order valence-electron chi connectivity index (χ0n) is 5.41. The average molecular weight is 170 g/mol. The van der Waals surface area contributed by atoms with Gasteiger partial charge in [-0.3, -0.25) is 0 Å². The van der Waals surface area contributed by atoms with Gasteiger partial charge in [-0.05, 0) is 6.07 Å². The fraction of sp³-hybridized carbons (Fsp3) is 0. The Hall–Kier alpha value is -1.22. The standard InChI is InChI=1S/C7H4ClNO2/c8-5-2-7-4(1-6(5)10)3-9-11-7/h1-3,10H. The number of aromatic hydroxyl groups is 1. The third-order valence-electron chi connectivity index (χ3n) is 1.42. The third-order valence-corrected chi connectivity index (χ3v) is 1.72. The molecule has 0 fully saturated rings. The normalized spacial score (nSPS) is 10.6. The second kappa shape index (κ2) is 2.13. The molecule has 0 saturated heterocycles. The molecule has 1 N–H and O–H groups in total. The number of hydrogen-bond acceptors (Lipinski definition) is 3. The van der Waals surface area contributed by atoms with Gasteiger partial charge >= 0.3 is 0 Å². The van der Waals surface area contributed by atoms with Gasteiger partial charge in [0.15, 0.2) is 5.58 Å². The number of aromatic nitrogens is 1. The highest BCUT2D eigenvalue weighted by atomic mass is 35.5. The lowest BCUT2D eigenvalue weighted by Crippen LogP contribution is -1.67. The van der Waals surface area contributed by atoms with Crippen LogP contribution in [-0.2, 0) is 0 Å². The summed E-state index contributed by atoms with van der Waals surface area (Å²) in [7, 11) is 0. The van der Waals surface area contributed by atoms with Gasteiger partial charge in [0.1, 0.15) is 5.75 Å². The lowest BCUT2D eigenvalue weighted by Gasteiger charge is -1.92. The molecule has 0 unspecified atom stereocenters. The molecule has 0 radical (unpaired) electrons. The summed E-state index contributed by atoms with van der Waals surface area (Å²) in [5, 5.41) is 13.7. The van der Waals surface area contributed by atoms with E-state index in [2.05, 4.69) is 5.16 Å². The van der Waals surface area contributed by atoms with Crippen LogP contribution in [0.25, 0.3) is 11.0 Å². The first-order chi connectivity index (χ1) is 5.27. The molecule has 11 heavy (non-hydrogen) atoms. The van der Waals surface area contributed by atoms with Crippen LogP contribution in [0.1, 0.15) is 0 Å². The number of rotatable bonds is 0. The number of nitrogens with zero attached hydrogens (tertiary/aromatic N) is 1. The van der Waals surface area contributed by atoms with Gasteiger partial charge in [-0.2, -0.15) is 0 Å². The van der Waals surface area contributed by atoms with Crippen molar-refractivity contribution in [3.63, 3.8) is 0 Å². The largest absolute Gasteiger partial charge is 0.506 e. The van der Waals surface area contributed by atoms with Crippen LogP contribution in [0.3, 0.4) is 0 Å². The molecule has 1 heterocycles. The Morgan fingerprint density at radius 1 is 1.45 bits per heavy atom. The van der Waals surface area contributed by atoms with Gasteiger partial charge in [-0.25, -0.2) is 0 Å². The molecule has 2 aromatic rings. The molecule has 3 nitrogen and oxygen atoms in total. The van der Waals surface area contributed by atoms with Crippen molar-refractivity contribution in [3.05, 3.63) is 23.4 Å². The summed E-state index contributed by atoms with van der Waals surface area (Å²) in [5.74, 6) is 0.0439. The predicted octanol–water partition coefficient (Wildman–Crippen LogP) is 2.19. The Morgan fingerprint density at radius 2 is 2.27 bits per heavy atom. The van der Waals surface area contributed by atoms with Gasteiger partial charge in [0.2, 0.25) is 0 Å². The molecule has 56 valence electrons. The van der Waals surface area contributed by atoms with Crippen LogP contribution in [0.4, 0.5) is 0 Å². The van der Waals surface area contributed by atoms with E-state index in [0.29, 0.717) is 5.58 Å². The summed E-state index contributed by atoms with van der Waals surface area (Å²) in [4.78, 5) is 0. The maximum Gasteiger partial charge on any atom is 0.168 e. The fourth-order valence-corrected chi connectivity index (χ4v) is 1.03. The average Bonchev–Trinajstić information content (AvgIpc) is 2.36. The Bertz CT molecular complexity index is 360. The number of phenolic OH excluding ortho intramolecular Hbond substituents is 1. The smallest absolute Gasteiger partial charge is 0.168 e. The van der Waals surface area contributed by atoms with Gasteiger partial charge in [0, 0.05) is 11.5 Å². The van der Waals surface area contributed by atoms with E-state index in [0.717, 1.165) is 5.39 Å². The van der Waals surface area contributed by atoms with Crippen molar-refractivity contribution in [2.75, 3.05) is 0 Å². The summed E-state index contributed by atoms with van der Waals surface area (Å²) in [6, 6.07) is 3.04. The highest BCUT2D eigenvalue weighted by molar-refractivity contribution is 6.32. The zero-order chi connectivity index (χ0) is 7.84. The van der Waals surface area contributed by atoms with Crippen molar-refractivity contribution in [2.24, 2.45) is 0 Å². The first-order valence-electron chi connectivity index (χ1n) is 3.00. The minimum Gasteiger partial charge on any atom is -0.506 e. The molecule has 1 aromatic carbocycles. The fourth-order valence-electron chi connectivity index (χ4n) is 0.880. The molecule has 0 atom stereocenters. The SMILES string of the molecule is Oc1cc2cnoc2cc1Cl. The van der Waals surface area contributed by atoms with E-state index >= 15 is 0 Å². The second-order valence-corrected chi connectivity index (χ2v) is 2.57. The van der Waals surface area contributed by atoms with Gasteiger partial charge < -0.3 is 9.63 Å². The van der Waals surface area contributed by atoms with E-state index in [1.165, 1.54) is 18.3 Å². The predicted molar refractivity (Wildman–Crippen MR) is 40.7 cm³/mol. The van der Waals surface area contributed by atoms with Crippen LogP contribution >= 0.6 is 11.6 Å². The molecular formula is C7H4ClNO2. The van der Waals surface area contributed by atoms with Crippen molar-refractivity contribution >= 4 is 22.6 Å². The first-order valence-corrected chi connectivity index (χ1v) is 3.38. The lowest BCUT2D eigenvalue weighted by molar-refractivity contribution is 0.455. The minimum atomic E-state index is 0.0439. The summed E-state index contributed by atoms with van der Waals surface area (Å²) < 4.78 is 4.81. The molecule has 0 aliphatic carbocycles. The van der Waals surface area contributed by atoms with Crippen molar-refractivity contribution in [2.45, 2.75) is 0 Å². The summed E-state index contributed by atoms with van der Waals surface area (Å²) in [6.45, 7) is 0. The Balaban J connectivity index is 2.86. The molecule has 0 aliphatic rings. The topological polar surface area (TPSA) is 46.3 Å². The molecule has 2 rings (SSSR count). The Labute approximate surface area is 67.2 Å². The maximum atomic E-state index is 9.13. The van der Waals surface area contributed by atoms with E-state index < -0.39 is 0 Å². The molecule has 0 bridgehead atoms. The van der Waals surface area contributed by atoms with E-state index in [-0.39, 0.29) is 10.8 Å². The van der Waals surface area contributed by atoms with E-state index in [1.807, 2.05) is 0 Å². The van der Waals surface area contributed by atoms with Gasteiger partial charge in [0.05, 0.1) is 11.2 Å². The number of hydrogen-bond donors (Lipinski definition) is 1. The third kappa shape index (κ3) is 0.935. The minimum absolute atomic E-state index is 0.0439. The van der Waals surface area contributed by atoms with Gasteiger partial charge in [0.25, 0.3) is 0 Å². The number of phenols is 1. The van der Waals surface area contributed by atoms with Gasteiger partial charge in [-0.15, -0.1) is 0 Å². The summed E-state index contributed by atoms with van der Waals surface area (Å²) in [6.07, 6.45) is 1.52. The highest BCUT2D eigenvalue weighted by Crippen LogP contribution is 2.28. The van der Waals surface area contributed by atoms with Crippen LogP contribution < -0.4 is 0 Å². The molecule has 1 aromatic heterocycles. The van der Waals surface area contributed by atoms with Crippen LogP contribution in [-0.4, -0.2) is 10.3 Å². The molecule has 0 amide bonds. The molecule has 0 spiro atoms. The van der Waals surface area contributed by atoms with E-state index in [4.69, 9.17) is 21.2 Å². The number of fused-ring (bicyclic) bond motifs is 1. The van der Waals surface area contributed by atoms with Crippen LogP contribution in [0.2, 0.25) is 5.02 Å². The highest BCUT2D eigenvalue weighted by Gasteiger charge is 2.03. The summed E-state index contributed by atoms with van der Waals surface area (Å²) >= 11 is 5.61. The van der Waals surface area contributed by atoms with E-state index in [1.54, 1.807) is 0 Å². The lowest BCUT2D eigenvalue weighted by atomic mass is 10.2. The van der Waals surface area contributed by atoms with Crippen molar-refractivity contribution in [1.82, 2.24) is 5.16 Å².